The summed E-state index contributed by atoms with van der Waals surface area (Å²) in [6.45, 7) is 12.0. The van der Waals surface area contributed by atoms with E-state index in [2.05, 4.69) is 34.2 Å². The molecule has 0 unspecified atom stereocenters. The molecule has 2 aliphatic rings. The Bertz CT molecular complexity index is 696. The number of benzene rings is 1. The molecule has 7 nitrogen and oxygen atoms in total. The number of likely N-dealkylation sites (tertiary alicyclic amines) is 1. The van der Waals surface area contributed by atoms with Gasteiger partial charge in [-0.1, -0.05) is 12.1 Å². The van der Waals surface area contributed by atoms with Crippen LogP contribution in [0.25, 0.3) is 0 Å². The van der Waals surface area contributed by atoms with Crippen LogP contribution in [-0.4, -0.2) is 86.0 Å². The number of ether oxygens (including phenoxy) is 1. The fourth-order valence-corrected chi connectivity index (χ4v) is 4.19. The van der Waals surface area contributed by atoms with Crippen LogP contribution in [0.3, 0.4) is 0 Å². The molecule has 0 saturated carbocycles. The maximum Gasteiger partial charge on any atom is 0.219 e. The van der Waals surface area contributed by atoms with E-state index in [0.29, 0.717) is 5.92 Å². The van der Waals surface area contributed by atoms with Gasteiger partial charge in [0, 0.05) is 52.7 Å². The molecule has 0 aliphatic carbocycles. The molecule has 174 valence electrons. The summed E-state index contributed by atoms with van der Waals surface area (Å²) in [6, 6.07) is 8.39. The van der Waals surface area contributed by atoms with Crippen LogP contribution >= 0.6 is 24.0 Å². The van der Waals surface area contributed by atoms with Crippen LogP contribution in [-0.2, 0) is 11.3 Å². The number of carbonyl (C=O) groups is 1. The third-order valence-electron chi connectivity index (χ3n) is 6.13. The summed E-state index contributed by atoms with van der Waals surface area (Å²) in [5.41, 5.74) is 1.34. The summed E-state index contributed by atoms with van der Waals surface area (Å²) in [5.74, 6) is 2.72. The first-order valence-corrected chi connectivity index (χ1v) is 11.2. The Labute approximate surface area is 204 Å². The lowest BCUT2D eigenvalue weighted by molar-refractivity contribution is -0.130. The quantitative estimate of drug-likeness (QED) is 0.340. The lowest BCUT2D eigenvalue weighted by Crippen LogP contribution is -2.53. The number of nitrogens with one attached hydrogen (secondary N) is 1. The summed E-state index contributed by atoms with van der Waals surface area (Å²) in [6.07, 6.45) is 2.38. The molecular formula is C23H38IN5O2. The van der Waals surface area contributed by atoms with Crippen molar-refractivity contribution in [3.63, 3.8) is 0 Å². The predicted molar refractivity (Wildman–Crippen MR) is 136 cm³/mol. The monoisotopic (exact) mass is 543 g/mol. The second-order valence-electron chi connectivity index (χ2n) is 8.26. The number of aliphatic imine (C=N–C) groups is 1. The highest BCUT2D eigenvalue weighted by Gasteiger charge is 2.22. The molecule has 0 spiro atoms. The molecule has 2 saturated heterocycles. The number of hydrogen-bond donors (Lipinski definition) is 1. The van der Waals surface area contributed by atoms with Crippen molar-refractivity contribution in [3.8, 4) is 5.75 Å². The number of guanidine groups is 1. The van der Waals surface area contributed by atoms with Crippen molar-refractivity contribution >= 4 is 35.8 Å². The van der Waals surface area contributed by atoms with E-state index in [1.54, 1.807) is 14.0 Å². The predicted octanol–water partition coefficient (Wildman–Crippen LogP) is 2.65. The second-order valence-corrected chi connectivity index (χ2v) is 8.26. The van der Waals surface area contributed by atoms with Crippen molar-refractivity contribution in [2.24, 2.45) is 10.9 Å². The van der Waals surface area contributed by atoms with Gasteiger partial charge in [0.05, 0.1) is 7.11 Å². The highest BCUT2D eigenvalue weighted by molar-refractivity contribution is 14.0. The van der Waals surface area contributed by atoms with Gasteiger partial charge >= 0.3 is 0 Å². The number of piperidine rings is 1. The maximum absolute atomic E-state index is 11.6. The zero-order valence-corrected chi connectivity index (χ0v) is 21.5. The Kier molecular flexibility index (Phi) is 10.9. The molecule has 1 N–H and O–H groups in total. The molecule has 2 heterocycles. The number of nitrogens with zero attached hydrogens (tertiary/aromatic N) is 4. The van der Waals surface area contributed by atoms with Crippen molar-refractivity contribution < 1.29 is 9.53 Å². The van der Waals surface area contributed by atoms with E-state index in [1.165, 1.54) is 18.4 Å². The number of amides is 1. The van der Waals surface area contributed by atoms with Gasteiger partial charge in [0.15, 0.2) is 5.96 Å². The Morgan fingerprint density at radius 1 is 1.06 bits per heavy atom. The van der Waals surface area contributed by atoms with Gasteiger partial charge in [0.25, 0.3) is 0 Å². The zero-order chi connectivity index (χ0) is 21.3. The Morgan fingerprint density at radius 2 is 1.68 bits per heavy atom. The Hall–Kier alpha value is -1.55. The highest BCUT2D eigenvalue weighted by Crippen LogP contribution is 2.20. The molecule has 8 heteroatoms. The van der Waals surface area contributed by atoms with Gasteiger partial charge in [-0.15, -0.1) is 24.0 Å². The number of methoxy groups -OCH3 is 1. The fourth-order valence-electron chi connectivity index (χ4n) is 4.19. The molecule has 2 aliphatic heterocycles. The van der Waals surface area contributed by atoms with Crippen molar-refractivity contribution in [2.75, 3.05) is 59.5 Å². The number of piperazine rings is 1. The van der Waals surface area contributed by atoms with E-state index in [9.17, 15) is 4.79 Å². The van der Waals surface area contributed by atoms with E-state index < -0.39 is 0 Å². The Morgan fingerprint density at radius 3 is 2.23 bits per heavy atom. The average molecular weight is 543 g/mol. The lowest BCUT2D eigenvalue weighted by Gasteiger charge is -2.36. The van der Waals surface area contributed by atoms with Crippen LogP contribution in [0.1, 0.15) is 32.3 Å². The van der Waals surface area contributed by atoms with Gasteiger partial charge in [0.1, 0.15) is 5.75 Å². The van der Waals surface area contributed by atoms with Gasteiger partial charge in [-0.2, -0.15) is 0 Å². The summed E-state index contributed by atoms with van der Waals surface area (Å²) < 4.78 is 5.24. The smallest absolute Gasteiger partial charge is 0.219 e. The van der Waals surface area contributed by atoms with Gasteiger partial charge in [-0.3, -0.25) is 14.7 Å². The van der Waals surface area contributed by atoms with Gasteiger partial charge in [-0.25, -0.2) is 0 Å². The Balaban J connectivity index is 0.00000341. The lowest BCUT2D eigenvalue weighted by atomic mass is 9.96. The van der Waals surface area contributed by atoms with Crippen LogP contribution < -0.4 is 10.1 Å². The van der Waals surface area contributed by atoms with Crippen LogP contribution in [0.2, 0.25) is 0 Å². The fraction of sp³-hybridized carbons (Fsp3) is 0.652. The van der Waals surface area contributed by atoms with E-state index in [-0.39, 0.29) is 29.9 Å². The first-order valence-electron chi connectivity index (χ1n) is 11.2. The molecule has 1 amide bonds. The molecule has 1 aromatic carbocycles. The van der Waals surface area contributed by atoms with Gasteiger partial charge in [-0.05, 0) is 56.5 Å². The topological polar surface area (TPSA) is 60.4 Å². The third-order valence-corrected chi connectivity index (χ3v) is 6.13. The minimum absolute atomic E-state index is 0. The molecular weight excluding hydrogens is 505 g/mol. The van der Waals surface area contributed by atoms with Crippen LogP contribution in [0.5, 0.6) is 5.75 Å². The molecule has 0 aromatic heterocycles. The molecule has 1 aromatic rings. The van der Waals surface area contributed by atoms with Crippen molar-refractivity contribution in [3.05, 3.63) is 29.8 Å². The normalized spacial score (nSPS) is 18.5. The maximum atomic E-state index is 11.6. The molecule has 2 fully saturated rings. The molecule has 0 radical (unpaired) electrons. The minimum Gasteiger partial charge on any atom is -0.497 e. The number of carbonyl (C=O) groups excluding carboxylic acids is 1. The SMILES string of the molecule is CCNC(=NCC1CCN(Cc2ccc(OC)cc2)CC1)N1CCN(C(C)=O)CC1.I. The zero-order valence-electron chi connectivity index (χ0n) is 19.2. The van der Waals surface area contributed by atoms with E-state index in [4.69, 9.17) is 9.73 Å². The standard InChI is InChI=1S/C23H37N5O2.HI/c1-4-24-23(28-15-13-27(14-16-28)19(2)29)25-17-20-9-11-26(12-10-20)18-21-5-7-22(30-3)8-6-21;/h5-8,20H,4,9-18H2,1-3H3,(H,24,25);1H. The first kappa shape index (κ1) is 25.7. The number of halogens is 1. The highest BCUT2D eigenvalue weighted by atomic mass is 127. The van der Waals surface area contributed by atoms with Gasteiger partial charge in [0.2, 0.25) is 5.91 Å². The number of hydrogen-bond acceptors (Lipinski definition) is 4. The van der Waals surface area contributed by atoms with E-state index in [1.807, 2.05) is 17.0 Å². The van der Waals surface area contributed by atoms with E-state index >= 15 is 0 Å². The van der Waals surface area contributed by atoms with Gasteiger partial charge < -0.3 is 19.9 Å². The van der Waals surface area contributed by atoms with E-state index in [0.717, 1.165) is 70.6 Å². The third kappa shape index (κ3) is 7.82. The molecule has 31 heavy (non-hydrogen) atoms. The molecule has 0 atom stereocenters. The average Bonchev–Trinajstić information content (AvgIpc) is 2.78. The molecule has 0 bridgehead atoms. The second kappa shape index (κ2) is 13.1. The van der Waals surface area contributed by atoms with Crippen LogP contribution in [0, 0.1) is 5.92 Å². The summed E-state index contributed by atoms with van der Waals surface area (Å²) >= 11 is 0. The minimum atomic E-state index is 0. The molecule has 3 rings (SSSR count). The van der Waals surface area contributed by atoms with Crippen LogP contribution in [0.15, 0.2) is 29.3 Å². The summed E-state index contributed by atoms with van der Waals surface area (Å²) in [5, 5.41) is 3.44. The first-order chi connectivity index (χ1) is 14.6. The summed E-state index contributed by atoms with van der Waals surface area (Å²) in [7, 11) is 1.70. The van der Waals surface area contributed by atoms with Crippen molar-refractivity contribution in [2.45, 2.75) is 33.2 Å². The number of rotatable bonds is 6. The van der Waals surface area contributed by atoms with Crippen molar-refractivity contribution in [1.29, 1.82) is 0 Å². The van der Waals surface area contributed by atoms with Crippen molar-refractivity contribution in [1.82, 2.24) is 20.0 Å². The van der Waals surface area contributed by atoms with Crippen LogP contribution in [0.4, 0.5) is 0 Å². The summed E-state index contributed by atoms with van der Waals surface area (Å²) in [4.78, 5) is 23.3. The largest absolute Gasteiger partial charge is 0.497 e.